The smallest absolute Gasteiger partial charge is 0.252 e. The molecule has 4 heteroatoms. The molecule has 0 aromatic heterocycles. The Bertz CT molecular complexity index is 837. The molecule has 3 aromatic rings. The highest BCUT2D eigenvalue weighted by Crippen LogP contribution is 2.24. The molecule has 0 aliphatic rings. The van der Waals surface area contributed by atoms with E-state index in [9.17, 15) is 4.79 Å². The molecule has 0 saturated heterocycles. The van der Waals surface area contributed by atoms with E-state index >= 15 is 0 Å². The highest BCUT2D eigenvalue weighted by molar-refractivity contribution is 5.88. The third-order valence-electron chi connectivity index (χ3n) is 4.01. The lowest BCUT2D eigenvalue weighted by molar-refractivity contribution is -0.121. The third-order valence-corrected chi connectivity index (χ3v) is 4.01. The first kappa shape index (κ1) is 17.4. The first-order valence-corrected chi connectivity index (χ1v) is 8.35. The molecule has 3 rings (SSSR count). The van der Waals surface area contributed by atoms with Gasteiger partial charge in [0.05, 0.1) is 19.2 Å². The van der Waals surface area contributed by atoms with Crippen molar-refractivity contribution in [1.82, 2.24) is 5.43 Å². The Hall–Kier alpha value is -3.40. The van der Waals surface area contributed by atoms with Crippen molar-refractivity contribution in [3.05, 3.63) is 102 Å². The molecular formula is C22H20N2O2. The van der Waals surface area contributed by atoms with E-state index in [0.717, 1.165) is 22.4 Å². The molecule has 4 nitrogen and oxygen atoms in total. The summed E-state index contributed by atoms with van der Waals surface area (Å²) in [6, 6.07) is 26.8. The molecule has 0 aliphatic carbocycles. The van der Waals surface area contributed by atoms with Gasteiger partial charge < -0.3 is 4.74 Å². The number of ether oxygens (including phenoxy) is 1. The van der Waals surface area contributed by atoms with Gasteiger partial charge in [0.15, 0.2) is 0 Å². The number of hydrogen-bond donors (Lipinski definition) is 1. The molecule has 0 heterocycles. The molecule has 1 amide bonds. The monoisotopic (exact) mass is 344 g/mol. The standard InChI is InChI=1S/C22H20N2O2/c1-26-20-14-8-9-17(15-20)16-23-24-22(25)21(18-10-4-2-5-11-18)19-12-6-3-7-13-19/h2-16,21H,1H3,(H,24,25)/b23-16+. The van der Waals surface area contributed by atoms with E-state index in [2.05, 4.69) is 10.5 Å². The van der Waals surface area contributed by atoms with E-state index < -0.39 is 5.92 Å². The van der Waals surface area contributed by atoms with E-state index in [-0.39, 0.29) is 5.91 Å². The lowest BCUT2D eigenvalue weighted by atomic mass is 9.91. The van der Waals surface area contributed by atoms with Crippen molar-refractivity contribution in [2.75, 3.05) is 7.11 Å². The summed E-state index contributed by atoms with van der Waals surface area (Å²) in [5.41, 5.74) is 5.35. The maximum atomic E-state index is 12.8. The fourth-order valence-electron chi connectivity index (χ4n) is 2.74. The summed E-state index contributed by atoms with van der Waals surface area (Å²) in [6.07, 6.45) is 1.60. The maximum absolute atomic E-state index is 12.8. The van der Waals surface area contributed by atoms with E-state index in [1.165, 1.54) is 0 Å². The van der Waals surface area contributed by atoms with Crippen LogP contribution in [0.2, 0.25) is 0 Å². The van der Waals surface area contributed by atoms with Crippen LogP contribution >= 0.6 is 0 Å². The summed E-state index contributed by atoms with van der Waals surface area (Å²) >= 11 is 0. The summed E-state index contributed by atoms with van der Waals surface area (Å²) in [6.45, 7) is 0. The van der Waals surface area contributed by atoms with Gasteiger partial charge in [0.1, 0.15) is 5.75 Å². The summed E-state index contributed by atoms with van der Waals surface area (Å²) in [4.78, 5) is 12.8. The Morgan fingerprint density at radius 1 is 0.923 bits per heavy atom. The van der Waals surface area contributed by atoms with Crippen molar-refractivity contribution in [1.29, 1.82) is 0 Å². The minimum absolute atomic E-state index is 0.179. The molecule has 0 radical (unpaired) electrons. The van der Waals surface area contributed by atoms with Crippen LogP contribution in [0, 0.1) is 0 Å². The van der Waals surface area contributed by atoms with Crippen LogP contribution in [0.3, 0.4) is 0 Å². The Morgan fingerprint density at radius 3 is 2.12 bits per heavy atom. The normalized spacial score (nSPS) is 10.8. The predicted octanol–water partition coefficient (Wildman–Crippen LogP) is 3.98. The predicted molar refractivity (Wildman–Crippen MR) is 103 cm³/mol. The number of hydrogen-bond acceptors (Lipinski definition) is 3. The van der Waals surface area contributed by atoms with Crippen LogP contribution in [0.25, 0.3) is 0 Å². The molecule has 3 aromatic carbocycles. The van der Waals surface area contributed by atoms with E-state index in [1.807, 2.05) is 84.9 Å². The minimum Gasteiger partial charge on any atom is -0.497 e. The first-order chi connectivity index (χ1) is 12.8. The zero-order chi connectivity index (χ0) is 18.2. The van der Waals surface area contributed by atoms with Gasteiger partial charge in [0, 0.05) is 0 Å². The lowest BCUT2D eigenvalue weighted by Crippen LogP contribution is -2.26. The number of rotatable bonds is 6. The molecule has 0 saturated carbocycles. The second-order valence-electron chi connectivity index (χ2n) is 5.77. The van der Waals surface area contributed by atoms with Crippen molar-refractivity contribution in [2.24, 2.45) is 5.10 Å². The average Bonchev–Trinajstić information content (AvgIpc) is 2.70. The van der Waals surface area contributed by atoms with E-state index in [1.54, 1.807) is 13.3 Å². The molecule has 26 heavy (non-hydrogen) atoms. The van der Waals surface area contributed by atoms with Crippen LogP contribution in [0.1, 0.15) is 22.6 Å². The number of amides is 1. The van der Waals surface area contributed by atoms with Crippen LogP contribution in [-0.4, -0.2) is 19.2 Å². The van der Waals surface area contributed by atoms with E-state index in [4.69, 9.17) is 4.74 Å². The topological polar surface area (TPSA) is 50.7 Å². The molecule has 0 unspecified atom stereocenters. The Balaban J connectivity index is 1.79. The molecule has 0 aliphatic heterocycles. The van der Waals surface area contributed by atoms with Crippen LogP contribution in [0.5, 0.6) is 5.75 Å². The second-order valence-corrected chi connectivity index (χ2v) is 5.77. The van der Waals surface area contributed by atoms with Crippen LogP contribution in [0.15, 0.2) is 90.0 Å². The molecule has 0 atom stereocenters. The van der Waals surface area contributed by atoms with Gasteiger partial charge in [-0.3, -0.25) is 4.79 Å². The van der Waals surface area contributed by atoms with Gasteiger partial charge >= 0.3 is 0 Å². The lowest BCUT2D eigenvalue weighted by Gasteiger charge is -2.16. The quantitative estimate of drug-likeness (QED) is 0.543. The van der Waals surface area contributed by atoms with Crippen molar-refractivity contribution < 1.29 is 9.53 Å². The number of hydrazone groups is 1. The average molecular weight is 344 g/mol. The number of benzene rings is 3. The molecule has 1 N–H and O–H groups in total. The summed E-state index contributed by atoms with van der Waals surface area (Å²) in [5, 5.41) is 4.11. The highest BCUT2D eigenvalue weighted by Gasteiger charge is 2.22. The second kappa shape index (κ2) is 8.62. The van der Waals surface area contributed by atoms with Gasteiger partial charge in [-0.05, 0) is 28.8 Å². The largest absolute Gasteiger partial charge is 0.497 e. The Morgan fingerprint density at radius 2 is 1.54 bits per heavy atom. The van der Waals surface area contributed by atoms with Gasteiger partial charge in [0.25, 0.3) is 5.91 Å². The molecule has 0 fully saturated rings. The van der Waals surface area contributed by atoms with Gasteiger partial charge in [-0.1, -0.05) is 72.8 Å². The highest BCUT2D eigenvalue weighted by atomic mass is 16.5. The fourth-order valence-corrected chi connectivity index (χ4v) is 2.74. The van der Waals surface area contributed by atoms with Crippen LogP contribution in [-0.2, 0) is 4.79 Å². The molecular weight excluding hydrogens is 324 g/mol. The summed E-state index contributed by atoms with van der Waals surface area (Å²) < 4.78 is 5.19. The zero-order valence-electron chi connectivity index (χ0n) is 14.5. The maximum Gasteiger partial charge on any atom is 0.252 e. The molecule has 0 bridgehead atoms. The number of carbonyl (C=O) groups excluding carboxylic acids is 1. The van der Waals surface area contributed by atoms with E-state index in [0.29, 0.717) is 0 Å². The Kier molecular flexibility index (Phi) is 5.78. The van der Waals surface area contributed by atoms with Crippen LogP contribution in [0.4, 0.5) is 0 Å². The van der Waals surface area contributed by atoms with Gasteiger partial charge in [-0.2, -0.15) is 5.10 Å². The van der Waals surface area contributed by atoms with Crippen molar-refractivity contribution >= 4 is 12.1 Å². The first-order valence-electron chi connectivity index (χ1n) is 8.35. The van der Waals surface area contributed by atoms with Crippen molar-refractivity contribution in [2.45, 2.75) is 5.92 Å². The molecule has 130 valence electrons. The Labute approximate surface area is 153 Å². The fraction of sp³-hybridized carbons (Fsp3) is 0.0909. The van der Waals surface area contributed by atoms with Gasteiger partial charge in [-0.25, -0.2) is 5.43 Å². The number of carbonyl (C=O) groups is 1. The SMILES string of the molecule is COc1cccc(/C=N/NC(=O)C(c2ccccc2)c2ccccc2)c1. The van der Waals surface area contributed by atoms with Crippen LogP contribution < -0.4 is 10.2 Å². The van der Waals surface area contributed by atoms with Crippen molar-refractivity contribution in [3.8, 4) is 5.75 Å². The number of methoxy groups -OCH3 is 1. The molecule has 0 spiro atoms. The summed E-state index contributed by atoms with van der Waals surface area (Å²) in [7, 11) is 1.61. The minimum atomic E-state index is -0.417. The van der Waals surface area contributed by atoms with Crippen molar-refractivity contribution in [3.63, 3.8) is 0 Å². The van der Waals surface area contributed by atoms with Gasteiger partial charge in [0.2, 0.25) is 0 Å². The van der Waals surface area contributed by atoms with Gasteiger partial charge in [-0.15, -0.1) is 0 Å². The third kappa shape index (κ3) is 4.36. The summed E-state index contributed by atoms with van der Waals surface area (Å²) in [5.74, 6) is 0.146. The number of nitrogens with zero attached hydrogens (tertiary/aromatic N) is 1. The number of nitrogens with one attached hydrogen (secondary N) is 1. The zero-order valence-corrected chi connectivity index (χ0v) is 14.5.